The molecule has 0 aliphatic carbocycles. The number of oxime groups is 1. The molecule has 3 aromatic rings. The third kappa shape index (κ3) is 5.26. The molecule has 1 heterocycles. The molecule has 0 saturated carbocycles. The van der Waals surface area contributed by atoms with E-state index in [1.165, 1.54) is 0 Å². The molecule has 1 unspecified atom stereocenters. The van der Waals surface area contributed by atoms with Crippen LogP contribution in [0.25, 0.3) is 0 Å². The number of methoxy groups -OCH3 is 4. The van der Waals surface area contributed by atoms with Gasteiger partial charge in [-0.1, -0.05) is 29.4 Å². The normalized spacial score (nSPS) is 16.8. The van der Waals surface area contributed by atoms with Crippen LogP contribution in [0.4, 0.5) is 0 Å². The standard InChI is InChI=1S/C26H27NO7S/c1-16-13-17(11-12-20(16)28-2)24-23(18-14-21(29-3)25(31-5)22(15-18)30-4)26(27-32-24)35-34-33-19-9-7-6-8-10-19/h6-15,23-24H,1-5H3/t23-,24?/m1/s1. The maximum absolute atomic E-state index is 5.93. The van der Waals surface area contributed by atoms with Gasteiger partial charge in [-0.25, -0.2) is 0 Å². The van der Waals surface area contributed by atoms with Crippen LogP contribution in [0, 0.1) is 6.92 Å². The van der Waals surface area contributed by atoms with Crippen molar-refractivity contribution in [1.82, 2.24) is 0 Å². The molecule has 4 rings (SSSR count). The molecule has 8 nitrogen and oxygen atoms in total. The molecule has 0 fully saturated rings. The second-order valence-electron chi connectivity index (χ2n) is 7.67. The number of hydrogen-bond donors (Lipinski definition) is 0. The highest BCUT2D eigenvalue weighted by Crippen LogP contribution is 2.48. The van der Waals surface area contributed by atoms with Gasteiger partial charge in [-0.3, -0.25) is 0 Å². The second kappa shape index (κ2) is 11.2. The lowest BCUT2D eigenvalue weighted by Crippen LogP contribution is -2.15. The Morgan fingerprint density at radius 1 is 0.771 bits per heavy atom. The third-order valence-corrected chi connectivity index (χ3v) is 6.25. The van der Waals surface area contributed by atoms with Crippen molar-refractivity contribution in [1.29, 1.82) is 0 Å². The third-order valence-electron chi connectivity index (χ3n) is 5.61. The highest BCUT2D eigenvalue weighted by molar-refractivity contribution is 8.09. The number of para-hydroxylation sites is 1. The van der Waals surface area contributed by atoms with Crippen LogP contribution in [0.15, 0.2) is 65.8 Å². The van der Waals surface area contributed by atoms with Crippen LogP contribution in [0.1, 0.15) is 28.7 Å². The van der Waals surface area contributed by atoms with E-state index in [4.69, 9.17) is 33.0 Å². The summed E-state index contributed by atoms with van der Waals surface area (Å²) in [5.41, 5.74) is 2.78. The zero-order valence-corrected chi connectivity index (χ0v) is 21.0. The van der Waals surface area contributed by atoms with Crippen molar-refractivity contribution < 1.29 is 33.0 Å². The molecule has 0 aromatic heterocycles. The van der Waals surface area contributed by atoms with E-state index >= 15 is 0 Å². The van der Waals surface area contributed by atoms with Gasteiger partial charge in [0.2, 0.25) is 5.75 Å². The topological polar surface area (TPSA) is 77.0 Å². The quantitative estimate of drug-likeness (QED) is 0.207. The molecule has 0 N–H and O–H groups in total. The fourth-order valence-corrected chi connectivity index (χ4v) is 4.54. The van der Waals surface area contributed by atoms with Crippen molar-refractivity contribution in [2.45, 2.75) is 18.9 Å². The van der Waals surface area contributed by atoms with E-state index in [9.17, 15) is 0 Å². The summed E-state index contributed by atoms with van der Waals surface area (Å²) in [6, 6.07) is 18.9. The minimum Gasteiger partial charge on any atom is -0.496 e. The molecule has 184 valence electrons. The number of nitrogens with zero attached hydrogens (tertiary/aromatic N) is 1. The molecule has 2 atom stereocenters. The van der Waals surface area contributed by atoms with Gasteiger partial charge in [0, 0.05) is 0 Å². The molecule has 1 aliphatic rings. The average molecular weight is 498 g/mol. The molecule has 3 aromatic carbocycles. The smallest absolute Gasteiger partial charge is 0.203 e. The summed E-state index contributed by atoms with van der Waals surface area (Å²) in [6.45, 7) is 1.99. The summed E-state index contributed by atoms with van der Waals surface area (Å²) in [7, 11) is 6.38. The number of benzene rings is 3. The van der Waals surface area contributed by atoms with Crippen molar-refractivity contribution in [2.75, 3.05) is 28.4 Å². The maximum Gasteiger partial charge on any atom is 0.203 e. The first kappa shape index (κ1) is 24.6. The Hall–Kier alpha value is -3.56. The van der Waals surface area contributed by atoms with Crippen molar-refractivity contribution in [2.24, 2.45) is 5.16 Å². The summed E-state index contributed by atoms with van der Waals surface area (Å²) in [6.07, 6.45) is -0.426. The lowest BCUT2D eigenvalue weighted by atomic mass is 9.89. The summed E-state index contributed by atoms with van der Waals surface area (Å²) < 4.78 is 27.5. The zero-order chi connectivity index (χ0) is 24.8. The van der Waals surface area contributed by atoms with Crippen LogP contribution in [-0.4, -0.2) is 33.5 Å². The predicted molar refractivity (Wildman–Crippen MR) is 134 cm³/mol. The lowest BCUT2D eigenvalue weighted by molar-refractivity contribution is -0.0760. The largest absolute Gasteiger partial charge is 0.496 e. The highest BCUT2D eigenvalue weighted by atomic mass is 32.2. The van der Waals surface area contributed by atoms with E-state index in [2.05, 4.69) is 5.16 Å². The minimum absolute atomic E-state index is 0.333. The van der Waals surface area contributed by atoms with E-state index in [1.54, 1.807) is 40.6 Å². The van der Waals surface area contributed by atoms with Crippen LogP contribution < -0.4 is 23.8 Å². The molecular formula is C26H27NO7S. The second-order valence-corrected chi connectivity index (χ2v) is 8.39. The molecule has 35 heavy (non-hydrogen) atoms. The van der Waals surface area contributed by atoms with E-state index < -0.39 is 6.10 Å². The van der Waals surface area contributed by atoms with Crippen LogP contribution in [0.3, 0.4) is 0 Å². The summed E-state index contributed by atoms with van der Waals surface area (Å²) in [5, 5.41) is 4.92. The maximum atomic E-state index is 5.93. The number of aryl methyl sites for hydroxylation is 1. The van der Waals surface area contributed by atoms with Crippen molar-refractivity contribution in [3.05, 3.63) is 77.4 Å². The van der Waals surface area contributed by atoms with Gasteiger partial charge in [0.15, 0.2) is 28.4 Å². The van der Waals surface area contributed by atoms with Gasteiger partial charge in [-0.2, -0.15) is 0 Å². The zero-order valence-electron chi connectivity index (χ0n) is 20.1. The summed E-state index contributed by atoms with van der Waals surface area (Å²) in [5.74, 6) is 2.61. The first-order valence-electron chi connectivity index (χ1n) is 10.8. The molecule has 0 spiro atoms. The molecule has 0 amide bonds. The first-order chi connectivity index (χ1) is 17.1. The van der Waals surface area contributed by atoms with Gasteiger partial charge in [-0.05, 0) is 60.0 Å². The monoisotopic (exact) mass is 497 g/mol. The Bertz CT molecular complexity index is 1160. The lowest BCUT2D eigenvalue weighted by Gasteiger charge is -2.22. The highest BCUT2D eigenvalue weighted by Gasteiger charge is 2.39. The van der Waals surface area contributed by atoms with E-state index in [0.717, 1.165) is 34.5 Å². The Morgan fingerprint density at radius 2 is 1.46 bits per heavy atom. The van der Waals surface area contributed by atoms with Gasteiger partial charge < -0.3 is 28.7 Å². The van der Waals surface area contributed by atoms with Crippen molar-refractivity contribution in [3.8, 4) is 28.7 Å². The van der Waals surface area contributed by atoms with Gasteiger partial charge in [0.1, 0.15) is 17.8 Å². The number of ether oxygens (including phenoxy) is 4. The molecule has 0 bridgehead atoms. The van der Waals surface area contributed by atoms with Crippen molar-refractivity contribution in [3.63, 3.8) is 0 Å². The summed E-state index contributed by atoms with van der Waals surface area (Å²) in [4.78, 5) is 11.3. The van der Waals surface area contributed by atoms with Gasteiger partial charge >= 0.3 is 0 Å². The van der Waals surface area contributed by atoms with Crippen LogP contribution in [0.2, 0.25) is 0 Å². The SMILES string of the molecule is COc1ccc(C2ON=C(SOOc3ccccc3)[C@@H]2c2cc(OC)c(OC)c(OC)c2)cc1C. The van der Waals surface area contributed by atoms with E-state index in [0.29, 0.717) is 28.0 Å². The van der Waals surface area contributed by atoms with Gasteiger partial charge in [0.25, 0.3) is 0 Å². The Labute approximate surface area is 208 Å². The van der Waals surface area contributed by atoms with Crippen molar-refractivity contribution >= 4 is 17.1 Å². The first-order valence-corrected chi connectivity index (χ1v) is 11.6. The molecule has 1 aliphatic heterocycles. The van der Waals surface area contributed by atoms with Crippen LogP contribution in [0.5, 0.6) is 28.7 Å². The fourth-order valence-electron chi connectivity index (χ4n) is 3.92. The summed E-state index contributed by atoms with van der Waals surface area (Å²) >= 11 is 0.994. The van der Waals surface area contributed by atoms with E-state index in [-0.39, 0.29) is 5.92 Å². The van der Waals surface area contributed by atoms with E-state index in [1.807, 2.05) is 55.5 Å². The molecule has 9 heteroatoms. The van der Waals surface area contributed by atoms with Crippen LogP contribution in [-0.2, 0) is 9.17 Å². The number of hydrogen-bond acceptors (Lipinski definition) is 9. The van der Waals surface area contributed by atoms with Gasteiger partial charge in [-0.15, -0.1) is 4.33 Å². The number of rotatable bonds is 9. The Kier molecular flexibility index (Phi) is 7.89. The molecular weight excluding hydrogens is 470 g/mol. The minimum atomic E-state index is -0.426. The Morgan fingerprint density at radius 3 is 2.06 bits per heavy atom. The average Bonchev–Trinajstić information content (AvgIpc) is 3.32. The van der Waals surface area contributed by atoms with Gasteiger partial charge in [0.05, 0.1) is 34.4 Å². The Balaban J connectivity index is 1.68. The van der Waals surface area contributed by atoms with Crippen LogP contribution >= 0.6 is 12.0 Å². The fraction of sp³-hybridized carbons (Fsp3) is 0.269. The molecule has 0 saturated heterocycles. The molecule has 0 radical (unpaired) electrons. The predicted octanol–water partition coefficient (Wildman–Crippen LogP) is 5.86.